The van der Waals surface area contributed by atoms with E-state index in [2.05, 4.69) is 25.8 Å². The van der Waals surface area contributed by atoms with E-state index in [0.717, 1.165) is 36.4 Å². The van der Waals surface area contributed by atoms with Gasteiger partial charge in [0.1, 0.15) is 5.82 Å². The highest BCUT2D eigenvalue weighted by atomic mass is 16.2. The number of aryl methyl sites for hydroxylation is 1. The first-order chi connectivity index (χ1) is 12.2. The second kappa shape index (κ2) is 7.04. The Bertz CT molecular complexity index is 749. The van der Waals surface area contributed by atoms with Crippen molar-refractivity contribution in [3.63, 3.8) is 0 Å². The molecule has 2 aliphatic rings. The van der Waals surface area contributed by atoms with E-state index >= 15 is 0 Å². The average molecular weight is 341 g/mol. The lowest BCUT2D eigenvalue weighted by Crippen LogP contribution is -2.43. The number of hydrogen-bond acceptors (Lipinski definition) is 3. The van der Waals surface area contributed by atoms with Gasteiger partial charge in [-0.2, -0.15) is 0 Å². The number of hydrogen-bond donors (Lipinski definition) is 1. The first kappa shape index (κ1) is 16.4. The van der Waals surface area contributed by atoms with Gasteiger partial charge >= 0.3 is 6.03 Å². The largest absolute Gasteiger partial charge is 0.331 e. The van der Waals surface area contributed by atoms with E-state index in [9.17, 15) is 4.79 Å². The summed E-state index contributed by atoms with van der Waals surface area (Å²) in [4.78, 5) is 21.7. The molecule has 6 heteroatoms. The maximum atomic E-state index is 12.5. The van der Waals surface area contributed by atoms with Crippen LogP contribution >= 0.6 is 0 Å². The molecule has 134 valence electrons. The molecular weight excluding hydrogens is 314 g/mol. The van der Waals surface area contributed by atoms with Crippen molar-refractivity contribution in [1.82, 2.24) is 24.7 Å². The normalized spacial score (nSPS) is 21.8. The molecule has 0 bridgehead atoms. The summed E-state index contributed by atoms with van der Waals surface area (Å²) in [7, 11) is 2.00. The Balaban J connectivity index is 1.33. The number of nitrogens with zero attached hydrogens (tertiary/aromatic N) is 4. The highest BCUT2D eigenvalue weighted by Gasteiger charge is 2.30. The lowest BCUT2D eigenvalue weighted by molar-refractivity contribution is 0.161. The van der Waals surface area contributed by atoms with Gasteiger partial charge in [0.25, 0.3) is 0 Å². The zero-order valence-corrected chi connectivity index (χ0v) is 14.9. The van der Waals surface area contributed by atoms with E-state index in [1.807, 2.05) is 30.1 Å². The second-order valence-electron chi connectivity index (χ2n) is 7.22. The van der Waals surface area contributed by atoms with Crippen molar-refractivity contribution in [1.29, 1.82) is 0 Å². The Morgan fingerprint density at radius 2 is 2.00 bits per heavy atom. The van der Waals surface area contributed by atoms with Crippen LogP contribution in [-0.2, 0) is 13.6 Å². The molecule has 4 rings (SSSR count). The van der Waals surface area contributed by atoms with Gasteiger partial charge < -0.3 is 14.8 Å². The number of fused-ring (bicyclic) bond motifs is 1. The fourth-order valence-electron chi connectivity index (χ4n) is 4.13. The van der Waals surface area contributed by atoms with Crippen LogP contribution < -0.4 is 5.32 Å². The molecule has 0 aliphatic carbocycles. The van der Waals surface area contributed by atoms with Gasteiger partial charge in [-0.05, 0) is 44.5 Å². The van der Waals surface area contributed by atoms with Crippen LogP contribution in [0.5, 0.6) is 0 Å². The standard InChI is InChI=1S/C19H27N5O/c1-22-17-8-4-3-7-16(17)21-18(22)13-20-19(25)24-12-9-15(14-24)23-10-5-2-6-11-23/h3-4,7-8,15H,2,5-6,9-14H2,1H3,(H,20,25)/t15-/m1/s1. The number of rotatable bonds is 3. The molecule has 1 aromatic carbocycles. The van der Waals surface area contributed by atoms with Crippen molar-refractivity contribution in [2.75, 3.05) is 26.2 Å². The number of benzene rings is 1. The second-order valence-corrected chi connectivity index (χ2v) is 7.22. The topological polar surface area (TPSA) is 53.4 Å². The molecule has 2 fully saturated rings. The number of para-hydroxylation sites is 2. The molecule has 1 atom stereocenters. The highest BCUT2D eigenvalue weighted by molar-refractivity contribution is 5.76. The van der Waals surface area contributed by atoms with E-state index in [1.54, 1.807) is 0 Å². The van der Waals surface area contributed by atoms with Crippen molar-refractivity contribution >= 4 is 17.1 Å². The van der Waals surface area contributed by atoms with Crippen molar-refractivity contribution in [3.05, 3.63) is 30.1 Å². The Kier molecular flexibility index (Phi) is 4.61. The molecule has 0 spiro atoms. The molecule has 2 saturated heterocycles. The predicted molar refractivity (Wildman–Crippen MR) is 98.4 cm³/mol. The van der Waals surface area contributed by atoms with Gasteiger partial charge in [0.05, 0.1) is 17.6 Å². The summed E-state index contributed by atoms with van der Waals surface area (Å²) in [6.45, 7) is 4.57. The molecule has 0 saturated carbocycles. The lowest BCUT2D eigenvalue weighted by Gasteiger charge is -2.32. The number of piperidine rings is 1. The molecule has 1 aromatic heterocycles. The number of likely N-dealkylation sites (tertiary alicyclic amines) is 2. The van der Waals surface area contributed by atoms with Crippen LogP contribution in [0.1, 0.15) is 31.5 Å². The van der Waals surface area contributed by atoms with E-state index in [1.165, 1.54) is 32.4 Å². The monoisotopic (exact) mass is 341 g/mol. The van der Waals surface area contributed by atoms with Crippen molar-refractivity contribution in [2.45, 2.75) is 38.3 Å². The maximum absolute atomic E-state index is 12.5. The third kappa shape index (κ3) is 3.35. The summed E-state index contributed by atoms with van der Waals surface area (Å²) in [5.41, 5.74) is 2.07. The zero-order valence-electron chi connectivity index (χ0n) is 14.9. The van der Waals surface area contributed by atoms with Gasteiger partial charge in [-0.1, -0.05) is 18.6 Å². The minimum absolute atomic E-state index is 0.0339. The van der Waals surface area contributed by atoms with Gasteiger partial charge in [0.2, 0.25) is 0 Å². The molecule has 2 amide bonds. The summed E-state index contributed by atoms with van der Waals surface area (Å²) >= 11 is 0. The summed E-state index contributed by atoms with van der Waals surface area (Å²) in [6.07, 6.45) is 5.05. The predicted octanol–water partition coefficient (Wildman–Crippen LogP) is 2.34. The Hall–Kier alpha value is -2.08. The minimum atomic E-state index is 0.0339. The smallest absolute Gasteiger partial charge is 0.317 e. The molecular formula is C19H27N5O. The van der Waals surface area contributed by atoms with E-state index in [0.29, 0.717) is 12.6 Å². The summed E-state index contributed by atoms with van der Waals surface area (Å²) < 4.78 is 2.05. The van der Waals surface area contributed by atoms with Crippen LogP contribution in [0, 0.1) is 0 Å². The number of carbonyl (C=O) groups excluding carboxylic acids is 1. The summed E-state index contributed by atoms with van der Waals surface area (Å²) in [5, 5.41) is 3.05. The third-order valence-electron chi connectivity index (χ3n) is 5.64. The first-order valence-electron chi connectivity index (χ1n) is 9.39. The van der Waals surface area contributed by atoms with E-state index in [4.69, 9.17) is 0 Å². The summed E-state index contributed by atoms with van der Waals surface area (Å²) in [6, 6.07) is 8.63. The fourth-order valence-corrected chi connectivity index (χ4v) is 4.13. The number of aromatic nitrogens is 2. The average Bonchev–Trinajstić information content (AvgIpc) is 3.26. The molecule has 3 heterocycles. The van der Waals surface area contributed by atoms with Gasteiger partial charge in [0, 0.05) is 26.2 Å². The van der Waals surface area contributed by atoms with Crippen LogP contribution in [0.2, 0.25) is 0 Å². The molecule has 25 heavy (non-hydrogen) atoms. The molecule has 2 aliphatic heterocycles. The van der Waals surface area contributed by atoms with Gasteiger partial charge in [-0.15, -0.1) is 0 Å². The van der Waals surface area contributed by atoms with E-state index < -0.39 is 0 Å². The molecule has 1 N–H and O–H groups in total. The highest BCUT2D eigenvalue weighted by Crippen LogP contribution is 2.20. The van der Waals surface area contributed by atoms with Crippen molar-refractivity contribution in [3.8, 4) is 0 Å². The number of amides is 2. The lowest BCUT2D eigenvalue weighted by atomic mass is 10.1. The molecule has 0 radical (unpaired) electrons. The molecule has 2 aromatic rings. The first-order valence-corrected chi connectivity index (χ1v) is 9.39. The van der Waals surface area contributed by atoms with Crippen LogP contribution in [0.15, 0.2) is 24.3 Å². The van der Waals surface area contributed by atoms with E-state index in [-0.39, 0.29) is 6.03 Å². The molecule has 6 nitrogen and oxygen atoms in total. The molecule has 0 unspecified atom stereocenters. The Morgan fingerprint density at radius 3 is 2.80 bits per heavy atom. The van der Waals surface area contributed by atoms with Gasteiger partial charge in [0.15, 0.2) is 0 Å². The number of urea groups is 1. The van der Waals surface area contributed by atoms with Crippen LogP contribution in [-0.4, -0.2) is 57.6 Å². The van der Waals surface area contributed by atoms with Crippen LogP contribution in [0.3, 0.4) is 0 Å². The minimum Gasteiger partial charge on any atom is -0.331 e. The van der Waals surface area contributed by atoms with Crippen LogP contribution in [0.4, 0.5) is 4.79 Å². The summed E-state index contributed by atoms with van der Waals surface area (Å²) in [5.74, 6) is 0.890. The number of carbonyl (C=O) groups is 1. The Morgan fingerprint density at radius 1 is 1.20 bits per heavy atom. The van der Waals surface area contributed by atoms with Gasteiger partial charge in [-0.3, -0.25) is 4.90 Å². The third-order valence-corrected chi connectivity index (χ3v) is 5.64. The zero-order chi connectivity index (χ0) is 17.2. The fraction of sp³-hybridized carbons (Fsp3) is 0.579. The maximum Gasteiger partial charge on any atom is 0.317 e. The Labute approximate surface area is 148 Å². The quantitative estimate of drug-likeness (QED) is 0.932. The van der Waals surface area contributed by atoms with Gasteiger partial charge in [-0.25, -0.2) is 9.78 Å². The van der Waals surface area contributed by atoms with Crippen molar-refractivity contribution in [2.24, 2.45) is 7.05 Å². The SMILES string of the molecule is Cn1c(CNC(=O)N2CC[C@@H](N3CCCCC3)C2)nc2ccccc21. The number of nitrogens with one attached hydrogen (secondary N) is 1. The number of imidazole rings is 1. The van der Waals surface area contributed by atoms with Crippen molar-refractivity contribution < 1.29 is 4.79 Å². The van der Waals surface area contributed by atoms with Crippen LogP contribution in [0.25, 0.3) is 11.0 Å².